The summed E-state index contributed by atoms with van der Waals surface area (Å²) in [6, 6.07) is 13.2. The lowest BCUT2D eigenvalue weighted by Gasteiger charge is -2.39. The van der Waals surface area contributed by atoms with E-state index in [1.807, 2.05) is 55.6 Å². The van der Waals surface area contributed by atoms with Gasteiger partial charge < -0.3 is 25.0 Å². The summed E-state index contributed by atoms with van der Waals surface area (Å²) in [7, 11) is 0. The molecule has 4 aromatic heterocycles. The second kappa shape index (κ2) is 10.8. The molecule has 12 nitrogen and oxygen atoms in total. The van der Waals surface area contributed by atoms with Crippen LogP contribution in [0.4, 0.5) is 22.1 Å². The number of fused-ring (bicyclic) bond motifs is 2. The molecule has 0 aliphatic carbocycles. The van der Waals surface area contributed by atoms with E-state index in [1.165, 1.54) is 12.7 Å². The molecule has 0 bridgehead atoms. The first-order chi connectivity index (χ1) is 20.2. The summed E-state index contributed by atoms with van der Waals surface area (Å²) in [5, 5.41) is 17.4. The lowest BCUT2D eigenvalue weighted by Crippen LogP contribution is -2.51. The van der Waals surface area contributed by atoms with Crippen LogP contribution in [0.2, 0.25) is 0 Å². The molecule has 12 heteroatoms. The van der Waals surface area contributed by atoms with Gasteiger partial charge in [0.1, 0.15) is 35.5 Å². The number of hydrogen-bond donors (Lipinski definition) is 2. The highest BCUT2D eigenvalue weighted by Gasteiger charge is 2.37. The van der Waals surface area contributed by atoms with Crippen molar-refractivity contribution in [3.8, 4) is 11.5 Å². The van der Waals surface area contributed by atoms with E-state index in [0.717, 1.165) is 29.2 Å². The zero-order valence-corrected chi connectivity index (χ0v) is 24.0. The van der Waals surface area contributed by atoms with Gasteiger partial charge in [0.05, 0.1) is 11.6 Å². The normalized spacial score (nSPS) is 16.0. The van der Waals surface area contributed by atoms with E-state index in [1.54, 1.807) is 9.42 Å². The van der Waals surface area contributed by atoms with Gasteiger partial charge >= 0.3 is 6.09 Å². The largest absolute Gasteiger partial charge is 0.465 e. The molecule has 0 radical (unpaired) electrons. The van der Waals surface area contributed by atoms with Gasteiger partial charge in [0.25, 0.3) is 0 Å². The summed E-state index contributed by atoms with van der Waals surface area (Å²) >= 11 is 0. The molecule has 1 atom stereocenters. The van der Waals surface area contributed by atoms with E-state index in [2.05, 4.69) is 51.0 Å². The first-order valence-corrected chi connectivity index (χ1v) is 13.9. The minimum atomic E-state index is -0.883. The Balaban J connectivity index is 1.25. The fourth-order valence-electron chi connectivity index (χ4n) is 5.33. The molecule has 1 amide bonds. The Kier molecular flexibility index (Phi) is 6.97. The summed E-state index contributed by atoms with van der Waals surface area (Å²) in [6.07, 6.45) is 4.66. The van der Waals surface area contributed by atoms with Crippen molar-refractivity contribution in [2.75, 3.05) is 29.9 Å². The predicted molar refractivity (Wildman–Crippen MR) is 160 cm³/mol. The molecule has 1 aliphatic rings. The molecule has 42 heavy (non-hydrogen) atoms. The number of hydrogen-bond acceptors (Lipinski definition) is 9. The van der Waals surface area contributed by atoms with Crippen molar-refractivity contribution >= 4 is 40.1 Å². The topological polar surface area (TPSA) is 134 Å². The Morgan fingerprint density at radius 1 is 1.05 bits per heavy atom. The Morgan fingerprint density at radius 3 is 2.69 bits per heavy atom. The van der Waals surface area contributed by atoms with Gasteiger partial charge in [0.2, 0.25) is 0 Å². The molecule has 6 rings (SSSR count). The maximum absolute atomic E-state index is 12.0. The van der Waals surface area contributed by atoms with Gasteiger partial charge in [-0.15, -0.1) is 0 Å². The molecule has 1 saturated heterocycles. The van der Waals surface area contributed by atoms with E-state index in [-0.39, 0.29) is 11.5 Å². The Morgan fingerprint density at radius 2 is 1.90 bits per heavy atom. The van der Waals surface area contributed by atoms with Crippen LogP contribution in [0.1, 0.15) is 32.8 Å². The Bertz CT molecular complexity index is 1760. The highest BCUT2D eigenvalue weighted by atomic mass is 16.5. The van der Waals surface area contributed by atoms with Crippen LogP contribution in [-0.2, 0) is 0 Å². The fourth-order valence-corrected chi connectivity index (χ4v) is 5.33. The van der Waals surface area contributed by atoms with E-state index in [4.69, 9.17) is 9.72 Å². The van der Waals surface area contributed by atoms with Crippen LogP contribution in [0.25, 0.3) is 16.7 Å². The van der Waals surface area contributed by atoms with Crippen LogP contribution >= 0.6 is 0 Å². The van der Waals surface area contributed by atoms with Gasteiger partial charge in [-0.25, -0.2) is 29.2 Å². The van der Waals surface area contributed by atoms with Gasteiger partial charge in [-0.3, -0.25) is 0 Å². The molecule has 0 saturated carbocycles. The summed E-state index contributed by atoms with van der Waals surface area (Å²) in [4.78, 5) is 33.9. The summed E-state index contributed by atoms with van der Waals surface area (Å²) in [6.45, 7) is 9.96. The van der Waals surface area contributed by atoms with Crippen molar-refractivity contribution in [2.24, 2.45) is 5.41 Å². The number of amides is 1. The van der Waals surface area contributed by atoms with Gasteiger partial charge in [-0.2, -0.15) is 5.10 Å². The molecular weight excluding hydrogens is 534 g/mol. The number of aromatic nitrogens is 6. The fraction of sp³-hybridized carbons (Fsp3) is 0.333. The smallest absolute Gasteiger partial charge is 0.407 e. The number of carboxylic acid groups (broad SMARTS) is 1. The van der Waals surface area contributed by atoms with E-state index in [0.29, 0.717) is 47.9 Å². The first-order valence-electron chi connectivity index (χ1n) is 13.9. The third-order valence-corrected chi connectivity index (χ3v) is 7.55. The second-order valence-corrected chi connectivity index (χ2v) is 11.5. The second-order valence-electron chi connectivity index (χ2n) is 11.5. The highest BCUT2D eigenvalue weighted by Crippen LogP contribution is 2.32. The average Bonchev–Trinajstić information content (AvgIpc) is 3.29. The number of rotatable bonds is 5. The van der Waals surface area contributed by atoms with Crippen LogP contribution in [0.5, 0.6) is 11.5 Å². The van der Waals surface area contributed by atoms with Crippen LogP contribution in [0.15, 0.2) is 61.3 Å². The monoisotopic (exact) mass is 567 g/mol. The molecule has 216 valence electrons. The highest BCUT2D eigenvalue weighted by molar-refractivity contribution is 5.88. The number of nitrogens with one attached hydrogen (secondary N) is 1. The number of aryl methyl sites for hydroxylation is 1. The lowest BCUT2D eigenvalue weighted by molar-refractivity contribution is 0.0902. The summed E-state index contributed by atoms with van der Waals surface area (Å²) in [5.41, 5.74) is 3.60. The molecule has 1 unspecified atom stereocenters. The number of benzene rings is 1. The van der Waals surface area contributed by atoms with Gasteiger partial charge in [-0.1, -0.05) is 20.8 Å². The predicted octanol–water partition coefficient (Wildman–Crippen LogP) is 5.52. The van der Waals surface area contributed by atoms with Crippen molar-refractivity contribution in [3.63, 3.8) is 0 Å². The third kappa shape index (κ3) is 5.47. The van der Waals surface area contributed by atoms with Gasteiger partial charge in [-0.05, 0) is 60.7 Å². The molecule has 5 aromatic rings. The van der Waals surface area contributed by atoms with Crippen molar-refractivity contribution in [2.45, 2.75) is 40.2 Å². The van der Waals surface area contributed by atoms with E-state index >= 15 is 0 Å². The summed E-state index contributed by atoms with van der Waals surface area (Å²) < 4.78 is 7.80. The first kappa shape index (κ1) is 27.2. The van der Waals surface area contributed by atoms with Crippen molar-refractivity contribution in [3.05, 3.63) is 66.9 Å². The molecule has 2 N–H and O–H groups in total. The zero-order chi connectivity index (χ0) is 29.4. The maximum Gasteiger partial charge on any atom is 0.407 e. The van der Waals surface area contributed by atoms with Crippen LogP contribution in [0.3, 0.4) is 0 Å². The van der Waals surface area contributed by atoms with Crippen molar-refractivity contribution in [1.82, 2.24) is 34.4 Å². The lowest BCUT2D eigenvalue weighted by atomic mass is 9.85. The standard InChI is InChI=1S/C30H33N9O3/c1-19-14-20(6-8-23(19)42-21-10-13-39-26(15-21)32-18-34-39)35-28-27-22(31-17-33-28)7-9-25(36-27)37-11-5-12-38(29(40)41)24(16-37)30(2,3)4/h6-10,13-15,17-18,24H,5,11-12,16H2,1-4H3,(H,40,41)(H,31,33,35). The van der Waals surface area contributed by atoms with Crippen molar-refractivity contribution in [1.29, 1.82) is 0 Å². The maximum atomic E-state index is 12.0. The molecule has 1 aliphatic heterocycles. The Hall–Kier alpha value is -5.00. The number of pyridine rings is 2. The minimum absolute atomic E-state index is 0.179. The Labute approximate surface area is 243 Å². The third-order valence-electron chi connectivity index (χ3n) is 7.55. The van der Waals surface area contributed by atoms with E-state index in [9.17, 15) is 9.90 Å². The molecule has 1 aromatic carbocycles. The molecule has 0 spiro atoms. The minimum Gasteiger partial charge on any atom is -0.465 e. The van der Waals surface area contributed by atoms with Crippen LogP contribution < -0.4 is 15.0 Å². The van der Waals surface area contributed by atoms with Gasteiger partial charge in [0, 0.05) is 37.6 Å². The SMILES string of the molecule is Cc1cc(Nc2ncnc3ccc(N4CCCN(C(=O)O)C(C(C)(C)C)C4)nc23)ccc1Oc1ccn2ncnc2c1. The number of nitrogens with zero attached hydrogens (tertiary/aromatic N) is 8. The number of carbonyl (C=O) groups is 1. The molecular formula is C30H33N9O3. The summed E-state index contributed by atoms with van der Waals surface area (Å²) in [5.74, 6) is 2.75. The van der Waals surface area contributed by atoms with Gasteiger partial charge in [0.15, 0.2) is 11.5 Å². The van der Waals surface area contributed by atoms with E-state index < -0.39 is 6.09 Å². The number of ether oxygens (including phenoxy) is 1. The van der Waals surface area contributed by atoms with Crippen molar-refractivity contribution < 1.29 is 14.6 Å². The molecule has 5 heterocycles. The molecule has 1 fully saturated rings. The quantitative estimate of drug-likeness (QED) is 0.280. The average molecular weight is 568 g/mol. The van der Waals surface area contributed by atoms with Crippen LogP contribution in [-0.4, -0.2) is 71.3 Å². The van der Waals surface area contributed by atoms with Crippen LogP contribution in [0, 0.1) is 12.3 Å². The number of anilines is 3. The zero-order valence-electron chi connectivity index (χ0n) is 24.0.